The van der Waals surface area contributed by atoms with E-state index in [-0.39, 0.29) is 32.3 Å². The Hall–Kier alpha value is -1.28. The zero-order valence-electron chi connectivity index (χ0n) is 37.3. The minimum Gasteiger partial charge on any atom is -0.457 e. The number of allylic oxidation sites excluding steroid dienone is 6. The standard InChI is InChI=1S/C48H92NO7P/c1-3-5-7-9-11-13-15-17-19-21-23-25-27-29-31-33-35-37-39-41-48(50)56-47(46-55-57(51,52)54-44-42-49)45-53-43-40-38-36-34-32-30-28-26-24-22-20-18-16-14-12-10-8-6-4-2/h11,13,17,19-20,22,47H,3-10,12,14-16,18,21,23-46,49H2,1-2H3,(H,51,52)/b13-11-,19-17-,22-20-. The van der Waals surface area contributed by atoms with Crippen molar-refractivity contribution in [2.75, 3.05) is 33.0 Å². The van der Waals surface area contributed by atoms with Gasteiger partial charge in [-0.2, -0.15) is 0 Å². The van der Waals surface area contributed by atoms with Crippen LogP contribution in [-0.4, -0.2) is 49.9 Å². The van der Waals surface area contributed by atoms with Crippen molar-refractivity contribution in [3.05, 3.63) is 36.5 Å². The Morgan fingerprint density at radius 2 is 0.930 bits per heavy atom. The lowest BCUT2D eigenvalue weighted by atomic mass is 10.1. The van der Waals surface area contributed by atoms with E-state index in [0.29, 0.717) is 13.0 Å². The number of hydrogen-bond donors (Lipinski definition) is 2. The number of rotatable bonds is 46. The molecule has 336 valence electrons. The van der Waals surface area contributed by atoms with Gasteiger partial charge in [0.05, 0.1) is 19.8 Å². The Morgan fingerprint density at radius 3 is 1.42 bits per heavy atom. The first kappa shape index (κ1) is 55.7. The Balaban J connectivity index is 3.98. The fourth-order valence-corrected chi connectivity index (χ4v) is 7.49. The van der Waals surface area contributed by atoms with Crippen LogP contribution in [0.1, 0.15) is 226 Å². The van der Waals surface area contributed by atoms with Gasteiger partial charge in [0.25, 0.3) is 0 Å². The van der Waals surface area contributed by atoms with Crippen molar-refractivity contribution in [1.82, 2.24) is 0 Å². The topological polar surface area (TPSA) is 117 Å². The molecule has 0 rings (SSSR count). The maximum Gasteiger partial charge on any atom is 0.472 e. The van der Waals surface area contributed by atoms with Crippen molar-refractivity contribution in [1.29, 1.82) is 0 Å². The highest BCUT2D eigenvalue weighted by Gasteiger charge is 2.25. The fraction of sp³-hybridized carbons (Fsp3) is 0.854. The molecule has 0 spiro atoms. The summed E-state index contributed by atoms with van der Waals surface area (Å²) in [7, 11) is -4.28. The smallest absolute Gasteiger partial charge is 0.457 e. The number of phosphoric ester groups is 1. The van der Waals surface area contributed by atoms with Crippen LogP contribution in [0.2, 0.25) is 0 Å². The molecule has 0 fully saturated rings. The quantitative estimate of drug-likeness (QED) is 0.0270. The first-order chi connectivity index (χ1) is 27.9. The first-order valence-electron chi connectivity index (χ1n) is 24.0. The molecule has 0 radical (unpaired) electrons. The Labute approximate surface area is 352 Å². The molecule has 0 aliphatic carbocycles. The van der Waals surface area contributed by atoms with Gasteiger partial charge in [-0.25, -0.2) is 4.57 Å². The van der Waals surface area contributed by atoms with Gasteiger partial charge in [-0.1, -0.05) is 185 Å². The van der Waals surface area contributed by atoms with E-state index in [4.69, 9.17) is 24.3 Å². The van der Waals surface area contributed by atoms with Gasteiger partial charge in [-0.05, 0) is 70.6 Å². The van der Waals surface area contributed by atoms with Crippen molar-refractivity contribution in [3.63, 3.8) is 0 Å². The first-order valence-corrected chi connectivity index (χ1v) is 25.5. The predicted octanol–water partition coefficient (Wildman–Crippen LogP) is 14.6. The molecule has 0 aromatic carbocycles. The molecular formula is C48H92NO7P. The van der Waals surface area contributed by atoms with E-state index in [1.54, 1.807) is 0 Å². The third kappa shape index (κ3) is 45.7. The number of carbonyl (C=O) groups is 1. The highest BCUT2D eigenvalue weighted by Crippen LogP contribution is 2.43. The van der Waals surface area contributed by atoms with Crippen molar-refractivity contribution >= 4 is 13.8 Å². The summed E-state index contributed by atoms with van der Waals surface area (Å²) in [5.41, 5.74) is 5.38. The summed E-state index contributed by atoms with van der Waals surface area (Å²) in [6, 6.07) is 0. The summed E-state index contributed by atoms with van der Waals surface area (Å²) in [4.78, 5) is 22.5. The van der Waals surface area contributed by atoms with Crippen LogP contribution < -0.4 is 5.73 Å². The summed E-state index contributed by atoms with van der Waals surface area (Å²) >= 11 is 0. The average Bonchev–Trinajstić information content (AvgIpc) is 3.20. The van der Waals surface area contributed by atoms with E-state index in [9.17, 15) is 14.3 Å². The Morgan fingerprint density at radius 1 is 0.526 bits per heavy atom. The van der Waals surface area contributed by atoms with Crippen LogP contribution in [0.5, 0.6) is 0 Å². The van der Waals surface area contributed by atoms with Crippen LogP contribution in [0.3, 0.4) is 0 Å². The normalized spacial score (nSPS) is 13.7. The van der Waals surface area contributed by atoms with Gasteiger partial charge in [0, 0.05) is 19.6 Å². The van der Waals surface area contributed by atoms with Crippen LogP contribution in [0.25, 0.3) is 0 Å². The Bertz CT molecular complexity index is 972. The number of ether oxygens (including phenoxy) is 2. The molecule has 0 aliphatic heterocycles. The number of carbonyl (C=O) groups excluding carboxylic acids is 1. The summed E-state index contributed by atoms with van der Waals surface area (Å²) in [6.45, 7) is 4.91. The third-order valence-corrected chi connectivity index (χ3v) is 11.3. The van der Waals surface area contributed by atoms with E-state index >= 15 is 0 Å². The molecule has 9 heteroatoms. The van der Waals surface area contributed by atoms with Gasteiger partial charge in [0.2, 0.25) is 0 Å². The number of phosphoric acid groups is 1. The van der Waals surface area contributed by atoms with Crippen LogP contribution in [-0.2, 0) is 27.9 Å². The highest BCUT2D eigenvalue weighted by atomic mass is 31.2. The van der Waals surface area contributed by atoms with Gasteiger partial charge >= 0.3 is 13.8 Å². The molecule has 0 aromatic rings. The minimum absolute atomic E-state index is 0.0966. The zero-order valence-corrected chi connectivity index (χ0v) is 38.2. The van der Waals surface area contributed by atoms with Crippen LogP contribution in [0.15, 0.2) is 36.5 Å². The SMILES string of the molecule is CCCCC/C=C\C/C=C\CCCCCCCCCCCC(=O)OC(COCCCCCCCCCC/C=C\CCCCCCCCC)COP(=O)(O)OCCN. The van der Waals surface area contributed by atoms with Gasteiger partial charge < -0.3 is 20.1 Å². The van der Waals surface area contributed by atoms with Crippen LogP contribution in [0.4, 0.5) is 0 Å². The third-order valence-electron chi connectivity index (χ3n) is 10.3. The Kier molecular flexibility index (Phi) is 44.8. The zero-order chi connectivity index (χ0) is 41.6. The molecule has 57 heavy (non-hydrogen) atoms. The fourth-order valence-electron chi connectivity index (χ4n) is 6.73. The van der Waals surface area contributed by atoms with E-state index in [1.165, 1.54) is 167 Å². The second kappa shape index (κ2) is 45.8. The van der Waals surface area contributed by atoms with E-state index < -0.39 is 13.9 Å². The van der Waals surface area contributed by atoms with Crippen molar-refractivity contribution in [2.45, 2.75) is 232 Å². The lowest BCUT2D eigenvalue weighted by Crippen LogP contribution is -2.28. The summed E-state index contributed by atoms with van der Waals surface area (Å²) in [5, 5.41) is 0. The van der Waals surface area contributed by atoms with Gasteiger partial charge in [0.1, 0.15) is 6.10 Å². The number of hydrogen-bond acceptors (Lipinski definition) is 7. The second-order valence-corrected chi connectivity index (χ2v) is 17.4. The van der Waals surface area contributed by atoms with Crippen LogP contribution >= 0.6 is 7.82 Å². The molecule has 0 aliphatic rings. The van der Waals surface area contributed by atoms with Crippen LogP contribution in [0, 0.1) is 0 Å². The monoisotopic (exact) mass is 826 g/mol. The molecule has 0 aromatic heterocycles. The van der Waals surface area contributed by atoms with E-state index in [2.05, 4.69) is 50.3 Å². The predicted molar refractivity (Wildman–Crippen MR) is 243 cm³/mol. The van der Waals surface area contributed by atoms with Crippen molar-refractivity contribution < 1.29 is 32.8 Å². The number of unbranched alkanes of at least 4 members (excludes halogenated alkanes) is 27. The highest BCUT2D eigenvalue weighted by molar-refractivity contribution is 7.47. The summed E-state index contributed by atoms with van der Waals surface area (Å²) in [6.07, 6.45) is 53.1. The molecule has 2 unspecified atom stereocenters. The second-order valence-electron chi connectivity index (χ2n) is 16.0. The van der Waals surface area contributed by atoms with E-state index in [1.807, 2.05) is 0 Å². The molecule has 8 nitrogen and oxygen atoms in total. The molecule has 0 amide bonds. The lowest BCUT2D eigenvalue weighted by molar-refractivity contribution is -0.154. The summed E-state index contributed by atoms with van der Waals surface area (Å²) < 4.78 is 33.5. The number of esters is 1. The van der Waals surface area contributed by atoms with Gasteiger partial charge in [0.15, 0.2) is 0 Å². The van der Waals surface area contributed by atoms with Crippen molar-refractivity contribution in [3.8, 4) is 0 Å². The maximum absolute atomic E-state index is 12.6. The molecule has 0 saturated heterocycles. The molecule has 0 saturated carbocycles. The maximum atomic E-state index is 12.6. The van der Waals surface area contributed by atoms with Gasteiger partial charge in [-0.15, -0.1) is 0 Å². The minimum atomic E-state index is -4.28. The molecule has 2 atom stereocenters. The molecular weight excluding hydrogens is 734 g/mol. The average molecular weight is 826 g/mol. The summed E-state index contributed by atoms with van der Waals surface area (Å²) in [5.74, 6) is -0.334. The largest absolute Gasteiger partial charge is 0.472 e. The number of nitrogens with two attached hydrogens (primary N) is 1. The molecule has 0 bridgehead atoms. The molecule has 0 heterocycles. The lowest BCUT2D eigenvalue weighted by Gasteiger charge is -2.20. The molecule has 3 N–H and O–H groups in total. The van der Waals surface area contributed by atoms with Gasteiger partial charge in [-0.3, -0.25) is 13.8 Å². The van der Waals surface area contributed by atoms with E-state index in [0.717, 1.165) is 38.5 Å². The van der Waals surface area contributed by atoms with Crippen molar-refractivity contribution in [2.24, 2.45) is 5.73 Å².